The Morgan fingerprint density at radius 3 is 2.91 bits per heavy atom. The molecule has 2 heterocycles. The van der Waals surface area contributed by atoms with Gasteiger partial charge in [-0.25, -0.2) is 4.79 Å². The molecule has 1 aliphatic heterocycles. The Morgan fingerprint density at radius 2 is 2.26 bits per heavy atom. The number of piperidine rings is 1. The third-order valence-corrected chi connectivity index (χ3v) is 4.85. The molecule has 0 aromatic carbocycles. The minimum Gasteiger partial charge on any atom is -0.339 e. The second-order valence-corrected chi connectivity index (χ2v) is 7.33. The zero-order valence-electron chi connectivity index (χ0n) is 14.0. The summed E-state index contributed by atoms with van der Waals surface area (Å²) in [5.41, 5.74) is 5.85. The van der Waals surface area contributed by atoms with Gasteiger partial charge in [-0.05, 0) is 38.0 Å². The maximum Gasteiger partial charge on any atom is 0.317 e. The van der Waals surface area contributed by atoms with E-state index in [1.54, 1.807) is 0 Å². The van der Waals surface area contributed by atoms with Crippen LogP contribution in [0.2, 0.25) is 0 Å². The van der Waals surface area contributed by atoms with Crippen molar-refractivity contribution in [2.45, 2.75) is 57.4 Å². The molecule has 1 aliphatic carbocycles. The molecular formula is C16H27N5O2. The lowest BCUT2D eigenvalue weighted by molar-refractivity contribution is 0.171. The molecule has 1 unspecified atom stereocenters. The van der Waals surface area contributed by atoms with Crippen LogP contribution in [0.4, 0.5) is 4.79 Å². The highest BCUT2D eigenvalue weighted by Gasteiger charge is 2.40. The molecular weight excluding hydrogens is 294 g/mol. The van der Waals surface area contributed by atoms with Crippen molar-refractivity contribution in [1.82, 2.24) is 20.4 Å². The average molecular weight is 321 g/mol. The van der Waals surface area contributed by atoms with Crippen LogP contribution >= 0.6 is 0 Å². The second kappa shape index (κ2) is 6.47. The van der Waals surface area contributed by atoms with Crippen LogP contribution in [0.1, 0.15) is 63.6 Å². The molecule has 0 spiro atoms. The van der Waals surface area contributed by atoms with Crippen molar-refractivity contribution in [2.24, 2.45) is 11.7 Å². The summed E-state index contributed by atoms with van der Waals surface area (Å²) in [6, 6.07) is -0.00238. The molecule has 128 valence electrons. The standard InChI is InChI=1S/C16H27N5O2/c1-11(2)9-18-15(22)21-8-3-5-12(10-21)13-19-14(20-23-13)16(17)6-4-7-16/h11-12H,3-10,17H2,1-2H3,(H,18,22). The molecule has 1 atom stereocenters. The fourth-order valence-corrected chi connectivity index (χ4v) is 3.15. The summed E-state index contributed by atoms with van der Waals surface area (Å²) < 4.78 is 5.45. The molecule has 1 saturated carbocycles. The van der Waals surface area contributed by atoms with Gasteiger partial charge in [0, 0.05) is 19.6 Å². The Bertz CT molecular complexity index is 552. The quantitative estimate of drug-likeness (QED) is 0.883. The predicted octanol–water partition coefficient (Wildman–Crippen LogP) is 1.95. The van der Waals surface area contributed by atoms with Gasteiger partial charge in [0.05, 0.1) is 11.5 Å². The van der Waals surface area contributed by atoms with Crippen LogP contribution in [-0.4, -0.2) is 40.7 Å². The minimum atomic E-state index is -0.398. The van der Waals surface area contributed by atoms with Gasteiger partial charge in [0.25, 0.3) is 0 Å². The topological polar surface area (TPSA) is 97.3 Å². The first-order valence-electron chi connectivity index (χ1n) is 8.64. The van der Waals surface area contributed by atoms with Gasteiger partial charge in [-0.3, -0.25) is 0 Å². The first-order chi connectivity index (χ1) is 11.0. The molecule has 2 aliphatic rings. The Kier molecular flexibility index (Phi) is 4.57. The van der Waals surface area contributed by atoms with E-state index in [1.807, 2.05) is 4.90 Å². The number of carbonyl (C=O) groups excluding carboxylic acids is 1. The van der Waals surface area contributed by atoms with Gasteiger partial charge in [-0.15, -0.1) is 0 Å². The van der Waals surface area contributed by atoms with Gasteiger partial charge >= 0.3 is 6.03 Å². The first kappa shape index (κ1) is 16.2. The molecule has 23 heavy (non-hydrogen) atoms. The molecule has 1 aromatic heterocycles. The Balaban J connectivity index is 1.61. The third-order valence-electron chi connectivity index (χ3n) is 4.85. The zero-order chi connectivity index (χ0) is 16.4. The van der Waals surface area contributed by atoms with Gasteiger partial charge in [-0.2, -0.15) is 4.98 Å². The number of hydrogen-bond acceptors (Lipinski definition) is 5. The lowest BCUT2D eigenvalue weighted by Crippen LogP contribution is -2.46. The number of amides is 2. The van der Waals surface area contributed by atoms with E-state index >= 15 is 0 Å². The lowest BCUT2D eigenvalue weighted by atomic mass is 9.77. The first-order valence-corrected chi connectivity index (χ1v) is 8.64. The molecule has 0 radical (unpaired) electrons. The maximum absolute atomic E-state index is 12.2. The van der Waals surface area contributed by atoms with Crippen molar-refractivity contribution < 1.29 is 9.32 Å². The number of likely N-dealkylation sites (tertiary alicyclic amines) is 1. The fraction of sp³-hybridized carbons (Fsp3) is 0.812. The molecule has 7 heteroatoms. The monoisotopic (exact) mass is 321 g/mol. The van der Waals surface area contributed by atoms with Crippen LogP contribution in [0.5, 0.6) is 0 Å². The van der Waals surface area contributed by atoms with E-state index in [2.05, 4.69) is 29.3 Å². The predicted molar refractivity (Wildman–Crippen MR) is 85.8 cm³/mol. The summed E-state index contributed by atoms with van der Waals surface area (Å²) in [7, 11) is 0. The smallest absolute Gasteiger partial charge is 0.317 e. The fourth-order valence-electron chi connectivity index (χ4n) is 3.15. The van der Waals surface area contributed by atoms with Crippen LogP contribution in [-0.2, 0) is 5.54 Å². The summed E-state index contributed by atoms with van der Waals surface area (Å²) in [6.07, 6.45) is 4.87. The molecule has 1 aromatic rings. The summed E-state index contributed by atoms with van der Waals surface area (Å²) in [5, 5.41) is 7.06. The molecule has 2 fully saturated rings. The van der Waals surface area contributed by atoms with E-state index in [-0.39, 0.29) is 11.9 Å². The van der Waals surface area contributed by atoms with Crippen molar-refractivity contribution in [2.75, 3.05) is 19.6 Å². The van der Waals surface area contributed by atoms with Crippen LogP contribution in [0.15, 0.2) is 4.52 Å². The highest BCUT2D eigenvalue weighted by molar-refractivity contribution is 5.74. The van der Waals surface area contributed by atoms with Crippen LogP contribution < -0.4 is 11.1 Å². The van der Waals surface area contributed by atoms with E-state index in [4.69, 9.17) is 10.3 Å². The average Bonchev–Trinajstić information content (AvgIpc) is 3.00. The van der Waals surface area contributed by atoms with E-state index in [1.165, 1.54) is 0 Å². The summed E-state index contributed by atoms with van der Waals surface area (Å²) in [5.74, 6) is 1.80. The molecule has 2 amide bonds. The number of rotatable bonds is 4. The maximum atomic E-state index is 12.2. The number of aromatic nitrogens is 2. The van der Waals surface area contributed by atoms with Gasteiger partial charge in [0.15, 0.2) is 5.82 Å². The van der Waals surface area contributed by atoms with Gasteiger partial charge in [0.2, 0.25) is 5.89 Å². The second-order valence-electron chi connectivity index (χ2n) is 7.33. The number of hydrogen-bond donors (Lipinski definition) is 2. The molecule has 1 saturated heterocycles. The van der Waals surface area contributed by atoms with E-state index < -0.39 is 5.54 Å². The van der Waals surface area contributed by atoms with E-state index in [0.717, 1.165) is 38.6 Å². The summed E-state index contributed by atoms with van der Waals surface area (Å²) in [4.78, 5) is 18.6. The number of carbonyl (C=O) groups is 1. The Morgan fingerprint density at radius 1 is 1.48 bits per heavy atom. The highest BCUT2D eigenvalue weighted by Crippen LogP contribution is 2.37. The largest absolute Gasteiger partial charge is 0.339 e. The summed E-state index contributed by atoms with van der Waals surface area (Å²) >= 11 is 0. The van der Waals surface area contributed by atoms with Crippen LogP contribution in [0.3, 0.4) is 0 Å². The number of urea groups is 1. The van der Waals surface area contributed by atoms with Gasteiger partial charge < -0.3 is 20.5 Å². The number of nitrogens with one attached hydrogen (secondary N) is 1. The molecule has 0 bridgehead atoms. The van der Waals surface area contributed by atoms with Crippen LogP contribution in [0.25, 0.3) is 0 Å². The minimum absolute atomic E-state index is 0.00238. The van der Waals surface area contributed by atoms with Crippen LogP contribution in [0, 0.1) is 5.92 Å². The highest BCUT2D eigenvalue weighted by atomic mass is 16.5. The molecule has 3 N–H and O–H groups in total. The normalized spacial score (nSPS) is 23.7. The third kappa shape index (κ3) is 3.49. The van der Waals surface area contributed by atoms with E-state index in [9.17, 15) is 4.79 Å². The Labute approximate surface area is 137 Å². The summed E-state index contributed by atoms with van der Waals surface area (Å²) in [6.45, 7) is 6.27. The zero-order valence-corrected chi connectivity index (χ0v) is 14.0. The lowest BCUT2D eigenvalue weighted by Gasteiger charge is -2.34. The van der Waals surface area contributed by atoms with Crippen molar-refractivity contribution in [1.29, 1.82) is 0 Å². The molecule has 3 rings (SSSR count). The van der Waals surface area contributed by atoms with E-state index in [0.29, 0.717) is 30.7 Å². The number of nitrogens with two attached hydrogens (primary N) is 1. The van der Waals surface area contributed by atoms with Crippen molar-refractivity contribution in [3.63, 3.8) is 0 Å². The van der Waals surface area contributed by atoms with Gasteiger partial charge in [0.1, 0.15) is 0 Å². The van der Waals surface area contributed by atoms with Crippen molar-refractivity contribution >= 4 is 6.03 Å². The van der Waals surface area contributed by atoms with Crippen molar-refractivity contribution in [3.8, 4) is 0 Å². The SMILES string of the molecule is CC(C)CNC(=O)N1CCCC(c2nc(C3(N)CCC3)no2)C1. The Hall–Kier alpha value is -1.63. The molecule has 7 nitrogen and oxygen atoms in total. The van der Waals surface area contributed by atoms with Crippen molar-refractivity contribution in [3.05, 3.63) is 11.7 Å². The van der Waals surface area contributed by atoms with Gasteiger partial charge in [-0.1, -0.05) is 19.0 Å². The number of nitrogens with zero attached hydrogens (tertiary/aromatic N) is 3.